The molecule has 0 bridgehead atoms. The number of anilines is 2. The van der Waals surface area contributed by atoms with E-state index in [0.717, 1.165) is 35.6 Å². The molecule has 0 aliphatic rings. The second-order valence-corrected chi connectivity index (χ2v) is 6.48. The fourth-order valence-electron chi connectivity index (χ4n) is 2.26. The third kappa shape index (κ3) is 5.64. The Morgan fingerprint density at radius 3 is 2.34 bits per heavy atom. The zero-order valence-electron chi connectivity index (χ0n) is 14.4. The van der Waals surface area contributed by atoms with E-state index in [-0.39, 0.29) is 23.6 Å². The normalized spacial score (nSPS) is 11.2. The Hall–Kier alpha value is -3.21. The topological polar surface area (TPSA) is 63.2 Å². The van der Waals surface area contributed by atoms with Crippen LogP contribution >= 0.6 is 11.3 Å². The minimum atomic E-state index is -4.78. The van der Waals surface area contributed by atoms with Crippen molar-refractivity contribution in [2.75, 3.05) is 5.32 Å². The molecule has 0 saturated carbocycles. The number of amides is 1. The van der Waals surface area contributed by atoms with Gasteiger partial charge in [-0.15, -0.1) is 24.5 Å². The number of hydrogen-bond acceptors (Lipinski definition) is 5. The van der Waals surface area contributed by atoms with Crippen LogP contribution in [-0.2, 0) is 6.54 Å². The molecule has 3 aromatic rings. The van der Waals surface area contributed by atoms with Crippen molar-refractivity contribution in [3.05, 3.63) is 70.7 Å². The number of nitrogens with one attached hydrogen (secondary N) is 2. The van der Waals surface area contributed by atoms with Crippen LogP contribution in [0.2, 0.25) is 0 Å². The number of rotatable bonds is 6. The maximum Gasteiger partial charge on any atom is 0.573 e. The molecule has 1 aromatic heterocycles. The minimum absolute atomic E-state index is 0.0197. The lowest BCUT2D eigenvalue weighted by molar-refractivity contribution is -0.274. The molecule has 0 aliphatic carbocycles. The zero-order valence-corrected chi connectivity index (χ0v) is 15.2. The van der Waals surface area contributed by atoms with Crippen molar-refractivity contribution in [3.8, 4) is 5.75 Å². The van der Waals surface area contributed by atoms with Gasteiger partial charge in [-0.25, -0.2) is 13.8 Å². The number of ether oxygens (including phenoxy) is 1. The summed E-state index contributed by atoms with van der Waals surface area (Å²) in [5.41, 5.74) is 0.177. The van der Waals surface area contributed by atoms with Crippen LogP contribution in [0.1, 0.15) is 16.1 Å². The fourth-order valence-corrected chi connectivity index (χ4v) is 2.97. The summed E-state index contributed by atoms with van der Waals surface area (Å²) in [4.78, 5) is 16.2. The van der Waals surface area contributed by atoms with Gasteiger partial charge in [0.25, 0.3) is 5.91 Å². The summed E-state index contributed by atoms with van der Waals surface area (Å²) in [6, 6.07) is 8.34. The molecule has 2 N–H and O–H groups in total. The van der Waals surface area contributed by atoms with E-state index in [0.29, 0.717) is 10.8 Å². The molecule has 0 atom stereocenters. The monoisotopic (exact) mass is 429 g/mol. The summed E-state index contributed by atoms with van der Waals surface area (Å²) < 4.78 is 67.4. The summed E-state index contributed by atoms with van der Waals surface area (Å²) in [5.74, 6) is -2.55. The molecule has 5 nitrogen and oxygen atoms in total. The van der Waals surface area contributed by atoms with Gasteiger partial charge in [-0.3, -0.25) is 4.79 Å². The van der Waals surface area contributed by atoms with Gasteiger partial charge in [-0.1, -0.05) is 6.07 Å². The van der Waals surface area contributed by atoms with Crippen molar-refractivity contribution in [2.45, 2.75) is 12.9 Å². The van der Waals surface area contributed by atoms with E-state index in [2.05, 4.69) is 20.4 Å². The number of halogens is 5. The Morgan fingerprint density at radius 1 is 1.07 bits per heavy atom. The summed E-state index contributed by atoms with van der Waals surface area (Å²) in [6.07, 6.45) is -4.78. The van der Waals surface area contributed by atoms with Gasteiger partial charge in [0.2, 0.25) is 0 Å². The van der Waals surface area contributed by atoms with Crippen molar-refractivity contribution in [3.63, 3.8) is 0 Å². The van der Waals surface area contributed by atoms with E-state index >= 15 is 0 Å². The van der Waals surface area contributed by atoms with E-state index in [1.807, 2.05) is 0 Å². The SMILES string of the molecule is O=C(NCc1c(F)cccc1F)c1csc(Nc2ccc(OC(F)(F)F)cc2)n1. The molecular formula is C18H12F5N3O2S. The maximum absolute atomic E-state index is 13.6. The molecule has 0 spiro atoms. The highest BCUT2D eigenvalue weighted by atomic mass is 32.1. The van der Waals surface area contributed by atoms with Gasteiger partial charge in [0.05, 0.1) is 0 Å². The van der Waals surface area contributed by atoms with Crippen molar-refractivity contribution in [1.29, 1.82) is 0 Å². The Balaban J connectivity index is 1.59. The van der Waals surface area contributed by atoms with Gasteiger partial charge in [0, 0.05) is 23.2 Å². The molecule has 0 saturated heterocycles. The van der Waals surface area contributed by atoms with Crippen LogP contribution in [0.15, 0.2) is 47.8 Å². The average molecular weight is 429 g/mol. The number of carbonyl (C=O) groups is 1. The van der Waals surface area contributed by atoms with E-state index in [1.165, 1.54) is 23.6 Å². The first-order chi connectivity index (χ1) is 13.7. The lowest BCUT2D eigenvalue weighted by Gasteiger charge is -2.09. The van der Waals surface area contributed by atoms with Crippen molar-refractivity contribution in [2.24, 2.45) is 0 Å². The third-order valence-corrected chi connectivity index (χ3v) is 4.32. The van der Waals surface area contributed by atoms with E-state index in [4.69, 9.17) is 0 Å². The summed E-state index contributed by atoms with van der Waals surface area (Å²) in [5, 5.41) is 6.94. The van der Waals surface area contributed by atoms with Crippen LogP contribution in [0.4, 0.5) is 32.8 Å². The van der Waals surface area contributed by atoms with Gasteiger partial charge < -0.3 is 15.4 Å². The average Bonchev–Trinajstić information content (AvgIpc) is 3.10. The molecule has 11 heteroatoms. The summed E-state index contributed by atoms with van der Waals surface area (Å²) >= 11 is 1.07. The molecule has 0 radical (unpaired) electrons. The smallest absolute Gasteiger partial charge is 0.406 e. The zero-order chi connectivity index (χ0) is 21.0. The van der Waals surface area contributed by atoms with Crippen LogP contribution in [0, 0.1) is 11.6 Å². The predicted octanol–water partition coefficient (Wildman–Crippen LogP) is 4.99. The Kier molecular flexibility index (Phi) is 5.97. The number of thiazole rings is 1. The van der Waals surface area contributed by atoms with Gasteiger partial charge in [-0.05, 0) is 36.4 Å². The standard InChI is InChI=1S/C18H12F5N3O2S/c19-13-2-1-3-14(20)12(13)8-24-16(27)15-9-29-17(26-15)25-10-4-6-11(7-5-10)28-18(21,22)23/h1-7,9H,8H2,(H,24,27)(H,25,26). The number of alkyl halides is 3. The number of carbonyl (C=O) groups excluding carboxylic acids is 1. The maximum atomic E-state index is 13.6. The fraction of sp³-hybridized carbons (Fsp3) is 0.111. The molecule has 2 aromatic carbocycles. The van der Waals surface area contributed by atoms with Crippen LogP contribution in [-0.4, -0.2) is 17.3 Å². The highest BCUT2D eigenvalue weighted by molar-refractivity contribution is 7.14. The Bertz CT molecular complexity index is 985. The molecule has 29 heavy (non-hydrogen) atoms. The second-order valence-electron chi connectivity index (χ2n) is 5.62. The van der Waals surface area contributed by atoms with Crippen molar-refractivity contribution >= 4 is 28.1 Å². The number of hydrogen-bond donors (Lipinski definition) is 2. The van der Waals surface area contributed by atoms with Crippen LogP contribution in [0.3, 0.4) is 0 Å². The highest BCUT2D eigenvalue weighted by Crippen LogP contribution is 2.26. The third-order valence-electron chi connectivity index (χ3n) is 3.56. The number of aromatic nitrogens is 1. The summed E-state index contributed by atoms with van der Waals surface area (Å²) in [6.45, 7) is -0.349. The van der Waals surface area contributed by atoms with Crippen LogP contribution in [0.5, 0.6) is 5.75 Å². The second kappa shape index (κ2) is 8.43. The molecule has 1 amide bonds. The minimum Gasteiger partial charge on any atom is -0.406 e. The van der Waals surface area contributed by atoms with E-state index < -0.39 is 23.9 Å². The number of benzene rings is 2. The van der Waals surface area contributed by atoms with Crippen LogP contribution in [0.25, 0.3) is 0 Å². The quantitative estimate of drug-likeness (QED) is 0.542. The molecule has 152 valence electrons. The van der Waals surface area contributed by atoms with E-state index in [9.17, 15) is 26.7 Å². The Morgan fingerprint density at radius 2 is 1.72 bits per heavy atom. The summed E-state index contributed by atoms with van der Waals surface area (Å²) in [7, 11) is 0. The molecule has 0 fully saturated rings. The van der Waals surface area contributed by atoms with Gasteiger partial charge in [0.1, 0.15) is 23.1 Å². The van der Waals surface area contributed by atoms with Crippen LogP contribution < -0.4 is 15.4 Å². The number of nitrogens with zero attached hydrogens (tertiary/aromatic N) is 1. The van der Waals surface area contributed by atoms with Crippen molar-refractivity contribution < 1.29 is 31.5 Å². The first-order valence-corrected chi connectivity index (χ1v) is 8.89. The first-order valence-electron chi connectivity index (χ1n) is 8.01. The van der Waals surface area contributed by atoms with Crippen molar-refractivity contribution in [1.82, 2.24) is 10.3 Å². The molecule has 1 heterocycles. The first kappa shape index (κ1) is 20.5. The molecule has 0 aliphatic heterocycles. The Labute approximate surface area is 165 Å². The van der Waals surface area contributed by atoms with E-state index in [1.54, 1.807) is 0 Å². The largest absolute Gasteiger partial charge is 0.573 e. The molecule has 0 unspecified atom stereocenters. The van der Waals surface area contributed by atoms with Gasteiger partial charge in [-0.2, -0.15) is 0 Å². The lowest BCUT2D eigenvalue weighted by Crippen LogP contribution is -2.24. The predicted molar refractivity (Wildman–Crippen MR) is 96.0 cm³/mol. The lowest BCUT2D eigenvalue weighted by atomic mass is 10.2. The van der Waals surface area contributed by atoms with Gasteiger partial charge in [0.15, 0.2) is 5.13 Å². The highest BCUT2D eigenvalue weighted by Gasteiger charge is 2.30. The molecular weight excluding hydrogens is 417 g/mol. The molecule has 3 rings (SSSR count). The van der Waals surface area contributed by atoms with Gasteiger partial charge >= 0.3 is 6.36 Å².